The Morgan fingerprint density at radius 1 is 1.17 bits per heavy atom. The summed E-state index contributed by atoms with van der Waals surface area (Å²) >= 11 is 7.46. The lowest BCUT2D eigenvalue weighted by Gasteiger charge is -2.10. The smallest absolute Gasteiger partial charge is 0.289 e. The number of hydrazone groups is 1. The van der Waals surface area contributed by atoms with Crippen molar-refractivity contribution in [2.45, 2.75) is 6.61 Å². The fourth-order valence-electron chi connectivity index (χ4n) is 2.70. The third kappa shape index (κ3) is 4.94. The van der Waals surface area contributed by atoms with Crippen LogP contribution in [0.3, 0.4) is 0 Å². The molecule has 0 aliphatic carbocycles. The number of thiophene rings is 1. The van der Waals surface area contributed by atoms with Gasteiger partial charge >= 0.3 is 0 Å². The van der Waals surface area contributed by atoms with Crippen molar-refractivity contribution in [2.24, 2.45) is 5.10 Å². The molecule has 0 saturated heterocycles. The number of nitrogens with one attached hydrogen (secondary N) is 2. The Kier molecular flexibility index (Phi) is 6.22. The second kappa shape index (κ2) is 9.39. The van der Waals surface area contributed by atoms with Gasteiger partial charge in [0.25, 0.3) is 5.91 Å². The van der Waals surface area contributed by atoms with Crippen LogP contribution in [0.5, 0.6) is 5.75 Å². The maximum absolute atomic E-state index is 12.3. The van der Waals surface area contributed by atoms with Crippen LogP contribution in [0, 0.1) is 0 Å². The van der Waals surface area contributed by atoms with E-state index in [0.717, 1.165) is 16.0 Å². The van der Waals surface area contributed by atoms with Crippen LogP contribution in [0.4, 0.5) is 0 Å². The van der Waals surface area contributed by atoms with Crippen LogP contribution in [-0.2, 0) is 6.61 Å². The molecule has 2 N–H and O–H groups in total. The molecule has 6 nitrogen and oxygen atoms in total. The van der Waals surface area contributed by atoms with Crippen LogP contribution in [0.25, 0.3) is 11.3 Å². The largest absolute Gasteiger partial charge is 0.488 e. The van der Waals surface area contributed by atoms with E-state index in [9.17, 15) is 4.79 Å². The number of benzene rings is 2. The molecule has 0 unspecified atom stereocenters. The van der Waals surface area contributed by atoms with Crippen LogP contribution in [0.15, 0.2) is 77.2 Å². The number of carbonyl (C=O) groups is 1. The summed E-state index contributed by atoms with van der Waals surface area (Å²) in [6.45, 7) is 0.392. The Morgan fingerprint density at radius 2 is 2.00 bits per heavy atom. The first-order chi connectivity index (χ1) is 14.7. The zero-order valence-corrected chi connectivity index (χ0v) is 17.3. The SMILES string of the molecule is O=C(NN=Cc1cccs1)c1cc(-c2ccccc2OCc2ccc(Cl)cc2)n[nH]1. The van der Waals surface area contributed by atoms with E-state index in [1.54, 1.807) is 12.3 Å². The van der Waals surface area contributed by atoms with Gasteiger partial charge in [0.15, 0.2) is 0 Å². The Morgan fingerprint density at radius 3 is 2.80 bits per heavy atom. The molecule has 0 spiro atoms. The molecule has 8 heteroatoms. The maximum atomic E-state index is 12.3. The van der Waals surface area contributed by atoms with Gasteiger partial charge in [0.2, 0.25) is 0 Å². The van der Waals surface area contributed by atoms with Crippen LogP contribution < -0.4 is 10.2 Å². The van der Waals surface area contributed by atoms with Gasteiger partial charge in [-0.2, -0.15) is 10.2 Å². The van der Waals surface area contributed by atoms with E-state index in [0.29, 0.717) is 28.8 Å². The van der Waals surface area contributed by atoms with Crippen LogP contribution in [0.2, 0.25) is 5.02 Å². The normalized spacial score (nSPS) is 11.0. The molecule has 2 aromatic heterocycles. The summed E-state index contributed by atoms with van der Waals surface area (Å²) in [5.74, 6) is 0.294. The topological polar surface area (TPSA) is 79.4 Å². The molecule has 30 heavy (non-hydrogen) atoms. The molecule has 0 aliphatic rings. The second-order valence-electron chi connectivity index (χ2n) is 6.29. The number of rotatable bonds is 7. The molecule has 0 atom stereocenters. The highest BCUT2D eigenvalue weighted by molar-refractivity contribution is 7.11. The van der Waals surface area contributed by atoms with E-state index < -0.39 is 0 Å². The predicted molar refractivity (Wildman–Crippen MR) is 119 cm³/mol. The highest BCUT2D eigenvalue weighted by Gasteiger charge is 2.13. The van der Waals surface area contributed by atoms with E-state index >= 15 is 0 Å². The monoisotopic (exact) mass is 436 g/mol. The summed E-state index contributed by atoms with van der Waals surface area (Å²) in [7, 11) is 0. The highest BCUT2D eigenvalue weighted by atomic mass is 35.5. The van der Waals surface area contributed by atoms with Crippen molar-refractivity contribution in [2.75, 3.05) is 0 Å². The molecule has 0 saturated carbocycles. The summed E-state index contributed by atoms with van der Waals surface area (Å²) in [4.78, 5) is 13.3. The van der Waals surface area contributed by atoms with Crippen molar-refractivity contribution in [1.29, 1.82) is 0 Å². The predicted octanol–water partition coefficient (Wildman–Crippen LogP) is 5.13. The van der Waals surface area contributed by atoms with Crippen LogP contribution in [0.1, 0.15) is 20.9 Å². The zero-order valence-electron chi connectivity index (χ0n) is 15.7. The van der Waals surface area contributed by atoms with Gasteiger partial charge < -0.3 is 4.74 Å². The number of H-pyrrole nitrogens is 1. The van der Waals surface area contributed by atoms with E-state index in [1.807, 2.05) is 66.0 Å². The number of para-hydroxylation sites is 1. The number of aromatic amines is 1. The molecular formula is C22H17ClN4O2S. The molecule has 4 rings (SSSR count). The van der Waals surface area contributed by atoms with Gasteiger partial charge in [-0.15, -0.1) is 11.3 Å². The third-order valence-electron chi connectivity index (χ3n) is 4.19. The van der Waals surface area contributed by atoms with Crippen molar-refractivity contribution in [3.63, 3.8) is 0 Å². The fraction of sp³-hybridized carbons (Fsp3) is 0.0455. The highest BCUT2D eigenvalue weighted by Crippen LogP contribution is 2.29. The first kappa shape index (κ1) is 19.9. The number of ether oxygens (including phenoxy) is 1. The molecule has 4 aromatic rings. The van der Waals surface area contributed by atoms with Gasteiger partial charge in [-0.1, -0.05) is 41.9 Å². The number of aromatic nitrogens is 2. The number of amides is 1. The molecule has 0 bridgehead atoms. The van der Waals surface area contributed by atoms with Gasteiger partial charge in [0.1, 0.15) is 18.1 Å². The van der Waals surface area contributed by atoms with Gasteiger partial charge in [-0.25, -0.2) is 5.43 Å². The Balaban J connectivity index is 1.45. The minimum Gasteiger partial charge on any atom is -0.488 e. The van der Waals surface area contributed by atoms with Gasteiger partial charge in [-0.3, -0.25) is 9.89 Å². The van der Waals surface area contributed by atoms with Crippen molar-refractivity contribution in [1.82, 2.24) is 15.6 Å². The fourth-order valence-corrected chi connectivity index (χ4v) is 3.41. The number of halogens is 1. The van der Waals surface area contributed by atoms with Gasteiger partial charge in [0, 0.05) is 15.5 Å². The van der Waals surface area contributed by atoms with Crippen LogP contribution in [-0.4, -0.2) is 22.3 Å². The number of nitrogens with zero attached hydrogens (tertiary/aromatic N) is 2. The van der Waals surface area contributed by atoms with E-state index in [4.69, 9.17) is 16.3 Å². The van der Waals surface area contributed by atoms with E-state index in [2.05, 4.69) is 20.7 Å². The Labute approximate surface area is 182 Å². The van der Waals surface area contributed by atoms with Crippen molar-refractivity contribution in [3.8, 4) is 17.0 Å². The van der Waals surface area contributed by atoms with Crippen LogP contribution >= 0.6 is 22.9 Å². The maximum Gasteiger partial charge on any atom is 0.289 e. The molecule has 2 aromatic carbocycles. The average molecular weight is 437 g/mol. The minimum absolute atomic E-state index is 0.306. The molecule has 2 heterocycles. The lowest BCUT2D eigenvalue weighted by atomic mass is 10.1. The summed E-state index contributed by atoms with van der Waals surface area (Å²) < 4.78 is 5.97. The van der Waals surface area contributed by atoms with Gasteiger partial charge in [0.05, 0.1) is 11.9 Å². The van der Waals surface area contributed by atoms with Crippen molar-refractivity contribution < 1.29 is 9.53 Å². The molecule has 150 valence electrons. The summed E-state index contributed by atoms with van der Waals surface area (Å²) in [6.07, 6.45) is 1.60. The van der Waals surface area contributed by atoms with E-state index in [1.165, 1.54) is 11.3 Å². The Bertz CT molecular complexity index is 1150. The quantitative estimate of drug-likeness (QED) is 0.311. The summed E-state index contributed by atoms with van der Waals surface area (Å²) in [6, 6.07) is 20.5. The molecular weight excluding hydrogens is 420 g/mol. The molecule has 0 fully saturated rings. The van der Waals surface area contributed by atoms with Crippen molar-refractivity contribution >= 4 is 35.1 Å². The summed E-state index contributed by atoms with van der Waals surface area (Å²) in [5, 5.41) is 13.6. The van der Waals surface area contributed by atoms with Crippen molar-refractivity contribution in [3.05, 3.63) is 93.3 Å². The minimum atomic E-state index is -0.374. The standard InChI is InChI=1S/C22H17ClN4O2S/c23-16-9-7-15(8-10-16)14-29-21-6-2-1-5-18(21)19-12-20(26-25-19)22(28)27-24-13-17-4-3-11-30-17/h1-13H,14H2,(H,25,26)(H,27,28). The lowest BCUT2D eigenvalue weighted by molar-refractivity contribution is 0.0950. The Hall–Kier alpha value is -3.42. The number of carbonyl (C=O) groups excluding carboxylic acids is 1. The van der Waals surface area contributed by atoms with E-state index in [-0.39, 0.29) is 5.91 Å². The first-order valence-corrected chi connectivity index (χ1v) is 10.3. The molecule has 0 radical (unpaired) electrons. The number of hydrogen-bond acceptors (Lipinski definition) is 5. The second-order valence-corrected chi connectivity index (χ2v) is 7.71. The third-order valence-corrected chi connectivity index (χ3v) is 5.25. The molecule has 1 amide bonds. The average Bonchev–Trinajstić information content (AvgIpc) is 3.46. The number of hydrogen-bond donors (Lipinski definition) is 2. The zero-order chi connectivity index (χ0) is 20.8. The van der Waals surface area contributed by atoms with Gasteiger partial charge in [-0.05, 0) is 47.3 Å². The lowest BCUT2D eigenvalue weighted by Crippen LogP contribution is -2.17. The molecule has 0 aliphatic heterocycles. The summed E-state index contributed by atoms with van der Waals surface area (Å²) in [5.41, 5.74) is 5.18. The first-order valence-electron chi connectivity index (χ1n) is 9.08.